The van der Waals surface area contributed by atoms with E-state index in [1.54, 1.807) is 36.3 Å². The highest BCUT2D eigenvalue weighted by Gasteiger charge is 2.27. The molecule has 2 aromatic rings. The lowest BCUT2D eigenvalue weighted by atomic mass is 10.1. The highest BCUT2D eigenvalue weighted by Crippen LogP contribution is 2.19. The van der Waals surface area contributed by atoms with Crippen LogP contribution in [0.25, 0.3) is 0 Å². The molecule has 2 aromatic carbocycles. The standard InChI is InChI=1S/C20H22N2O4/c1-14-6-8-16(9-7-14)22-12-18(26-13-19(22)23)11-21-20(24)15-4-3-5-17(10-15)25-2/h3-10,18H,11-13H2,1-2H3,(H,21,24). The van der Waals surface area contributed by atoms with Crippen LogP contribution >= 0.6 is 0 Å². The van der Waals surface area contributed by atoms with Crippen LogP contribution in [0.5, 0.6) is 5.75 Å². The molecule has 2 amide bonds. The zero-order valence-corrected chi connectivity index (χ0v) is 14.9. The highest BCUT2D eigenvalue weighted by molar-refractivity contribution is 5.95. The van der Waals surface area contributed by atoms with Crippen molar-refractivity contribution in [1.82, 2.24) is 5.32 Å². The number of carbonyl (C=O) groups is 2. The van der Waals surface area contributed by atoms with Gasteiger partial charge in [0.1, 0.15) is 12.4 Å². The van der Waals surface area contributed by atoms with E-state index in [9.17, 15) is 9.59 Å². The average molecular weight is 354 g/mol. The summed E-state index contributed by atoms with van der Waals surface area (Å²) < 4.78 is 10.7. The first kappa shape index (κ1) is 17.9. The van der Waals surface area contributed by atoms with Gasteiger partial charge in [-0.25, -0.2) is 0 Å². The van der Waals surface area contributed by atoms with Crippen LogP contribution in [-0.4, -0.2) is 44.7 Å². The summed E-state index contributed by atoms with van der Waals surface area (Å²) in [6.07, 6.45) is -0.261. The summed E-state index contributed by atoms with van der Waals surface area (Å²) >= 11 is 0. The molecule has 26 heavy (non-hydrogen) atoms. The molecule has 0 spiro atoms. The van der Waals surface area contributed by atoms with E-state index in [4.69, 9.17) is 9.47 Å². The third kappa shape index (κ3) is 4.21. The van der Waals surface area contributed by atoms with Gasteiger partial charge in [0.2, 0.25) is 0 Å². The predicted molar refractivity (Wildman–Crippen MR) is 98.6 cm³/mol. The Labute approximate surface area is 152 Å². The van der Waals surface area contributed by atoms with Crippen LogP contribution in [0.2, 0.25) is 0 Å². The number of benzene rings is 2. The van der Waals surface area contributed by atoms with Crippen molar-refractivity contribution < 1.29 is 19.1 Å². The van der Waals surface area contributed by atoms with E-state index >= 15 is 0 Å². The largest absolute Gasteiger partial charge is 0.497 e. The number of anilines is 1. The van der Waals surface area contributed by atoms with E-state index in [0.29, 0.717) is 24.4 Å². The number of rotatable bonds is 5. The number of hydrogen-bond acceptors (Lipinski definition) is 4. The molecule has 1 heterocycles. The van der Waals surface area contributed by atoms with Crippen LogP contribution in [0.3, 0.4) is 0 Å². The summed E-state index contributed by atoms with van der Waals surface area (Å²) in [5.41, 5.74) is 2.50. The molecule has 1 unspecified atom stereocenters. The van der Waals surface area contributed by atoms with Gasteiger partial charge in [0.15, 0.2) is 0 Å². The van der Waals surface area contributed by atoms with Crippen LogP contribution in [0.4, 0.5) is 5.69 Å². The summed E-state index contributed by atoms with van der Waals surface area (Å²) in [4.78, 5) is 26.2. The Hall–Kier alpha value is -2.86. The van der Waals surface area contributed by atoms with Crippen molar-refractivity contribution in [2.45, 2.75) is 13.0 Å². The maximum absolute atomic E-state index is 12.3. The average Bonchev–Trinajstić information content (AvgIpc) is 2.68. The molecule has 0 saturated carbocycles. The van der Waals surface area contributed by atoms with E-state index in [1.807, 2.05) is 31.2 Å². The van der Waals surface area contributed by atoms with E-state index in [0.717, 1.165) is 11.3 Å². The number of amides is 2. The van der Waals surface area contributed by atoms with Gasteiger partial charge in [-0.15, -0.1) is 0 Å². The maximum Gasteiger partial charge on any atom is 0.253 e. The van der Waals surface area contributed by atoms with Gasteiger partial charge >= 0.3 is 0 Å². The molecule has 136 valence electrons. The fourth-order valence-electron chi connectivity index (χ4n) is 2.80. The number of carbonyl (C=O) groups excluding carboxylic acids is 2. The number of ether oxygens (including phenoxy) is 2. The molecule has 1 N–H and O–H groups in total. The Morgan fingerprint density at radius 1 is 1.27 bits per heavy atom. The van der Waals surface area contributed by atoms with E-state index in [-0.39, 0.29) is 24.5 Å². The molecular weight excluding hydrogens is 332 g/mol. The van der Waals surface area contributed by atoms with E-state index < -0.39 is 0 Å². The van der Waals surface area contributed by atoms with E-state index in [2.05, 4.69) is 5.32 Å². The number of aryl methyl sites for hydroxylation is 1. The molecule has 1 saturated heterocycles. The van der Waals surface area contributed by atoms with Gasteiger partial charge in [-0.3, -0.25) is 9.59 Å². The van der Waals surface area contributed by atoms with Crippen molar-refractivity contribution in [2.24, 2.45) is 0 Å². The number of nitrogens with one attached hydrogen (secondary N) is 1. The highest BCUT2D eigenvalue weighted by atomic mass is 16.5. The summed E-state index contributed by atoms with van der Waals surface area (Å²) in [6.45, 7) is 2.74. The van der Waals surface area contributed by atoms with Gasteiger partial charge in [0, 0.05) is 17.8 Å². The molecule has 0 aromatic heterocycles. The predicted octanol–water partition coefficient (Wildman–Crippen LogP) is 2.17. The van der Waals surface area contributed by atoms with Crippen LogP contribution in [0, 0.1) is 6.92 Å². The molecule has 1 fully saturated rings. The second kappa shape index (κ2) is 8.01. The van der Waals surface area contributed by atoms with Gasteiger partial charge in [0.05, 0.1) is 19.8 Å². The number of methoxy groups -OCH3 is 1. The fourth-order valence-corrected chi connectivity index (χ4v) is 2.80. The SMILES string of the molecule is COc1cccc(C(=O)NCC2CN(c3ccc(C)cc3)C(=O)CO2)c1. The number of nitrogens with zero attached hydrogens (tertiary/aromatic N) is 1. The number of morpholine rings is 1. The van der Waals surface area contributed by atoms with Crippen LogP contribution in [0.15, 0.2) is 48.5 Å². The van der Waals surface area contributed by atoms with Crippen molar-refractivity contribution in [3.63, 3.8) is 0 Å². The van der Waals surface area contributed by atoms with Crippen molar-refractivity contribution >= 4 is 17.5 Å². The summed E-state index contributed by atoms with van der Waals surface area (Å²) in [5.74, 6) is 0.346. The summed E-state index contributed by atoms with van der Waals surface area (Å²) in [6, 6.07) is 14.7. The molecule has 6 heteroatoms. The van der Waals surface area contributed by atoms with Gasteiger partial charge in [-0.2, -0.15) is 0 Å². The molecule has 1 aliphatic heterocycles. The zero-order chi connectivity index (χ0) is 18.5. The normalized spacial score (nSPS) is 17.1. The van der Waals surface area contributed by atoms with Gasteiger partial charge in [-0.05, 0) is 37.3 Å². The van der Waals surface area contributed by atoms with Crippen LogP contribution in [0.1, 0.15) is 15.9 Å². The molecule has 1 aliphatic rings. The minimum absolute atomic E-state index is 0.00751. The minimum Gasteiger partial charge on any atom is -0.497 e. The summed E-state index contributed by atoms with van der Waals surface area (Å²) in [5, 5.41) is 2.86. The first-order chi connectivity index (χ1) is 12.6. The molecule has 0 radical (unpaired) electrons. The second-order valence-electron chi connectivity index (χ2n) is 6.21. The molecule has 0 aliphatic carbocycles. The van der Waals surface area contributed by atoms with Gasteiger partial charge < -0.3 is 19.7 Å². The lowest BCUT2D eigenvalue weighted by Gasteiger charge is -2.33. The smallest absolute Gasteiger partial charge is 0.253 e. The topological polar surface area (TPSA) is 67.9 Å². The Bertz CT molecular complexity index is 789. The Morgan fingerprint density at radius 3 is 2.77 bits per heavy atom. The van der Waals surface area contributed by atoms with Crippen molar-refractivity contribution in [1.29, 1.82) is 0 Å². The molecule has 6 nitrogen and oxygen atoms in total. The lowest BCUT2D eigenvalue weighted by molar-refractivity contribution is -0.129. The summed E-state index contributed by atoms with van der Waals surface area (Å²) in [7, 11) is 1.56. The molecule has 3 rings (SSSR count). The number of hydrogen-bond donors (Lipinski definition) is 1. The lowest BCUT2D eigenvalue weighted by Crippen LogP contribution is -2.50. The molecular formula is C20H22N2O4. The molecule has 0 bridgehead atoms. The first-order valence-corrected chi connectivity index (χ1v) is 8.47. The monoisotopic (exact) mass is 354 g/mol. The van der Waals surface area contributed by atoms with Crippen molar-refractivity contribution in [3.05, 3.63) is 59.7 Å². The van der Waals surface area contributed by atoms with E-state index in [1.165, 1.54) is 0 Å². The Morgan fingerprint density at radius 2 is 2.04 bits per heavy atom. The maximum atomic E-state index is 12.3. The van der Waals surface area contributed by atoms with Crippen molar-refractivity contribution in [2.75, 3.05) is 31.7 Å². The van der Waals surface area contributed by atoms with Crippen LogP contribution < -0.4 is 15.0 Å². The van der Waals surface area contributed by atoms with Gasteiger partial charge in [0.25, 0.3) is 11.8 Å². The van der Waals surface area contributed by atoms with Crippen LogP contribution in [-0.2, 0) is 9.53 Å². The van der Waals surface area contributed by atoms with Gasteiger partial charge in [-0.1, -0.05) is 23.8 Å². The minimum atomic E-state index is -0.261. The first-order valence-electron chi connectivity index (χ1n) is 8.47. The van der Waals surface area contributed by atoms with Crippen molar-refractivity contribution in [3.8, 4) is 5.75 Å². The third-order valence-electron chi connectivity index (χ3n) is 4.30. The fraction of sp³-hybridized carbons (Fsp3) is 0.300. The Balaban J connectivity index is 1.60. The molecule has 1 atom stereocenters. The third-order valence-corrected chi connectivity index (χ3v) is 4.30. The Kier molecular flexibility index (Phi) is 5.53. The zero-order valence-electron chi connectivity index (χ0n) is 14.9. The second-order valence-corrected chi connectivity index (χ2v) is 6.21. The quantitative estimate of drug-likeness (QED) is 0.894.